The summed E-state index contributed by atoms with van der Waals surface area (Å²) in [5, 5.41) is 7.86. The third-order valence-electron chi connectivity index (χ3n) is 3.87. The van der Waals surface area contributed by atoms with E-state index >= 15 is 0 Å². The van der Waals surface area contributed by atoms with Crippen molar-refractivity contribution in [3.8, 4) is 0 Å². The number of aryl methyl sites for hydroxylation is 2. The van der Waals surface area contributed by atoms with Gasteiger partial charge in [-0.2, -0.15) is 10.1 Å². The molecular formula is C13H21N7. The molecule has 0 spiro atoms. The highest BCUT2D eigenvalue weighted by molar-refractivity contribution is 5.89. The predicted octanol–water partition coefficient (Wildman–Crippen LogP) is 0.306. The van der Waals surface area contributed by atoms with Gasteiger partial charge in [0.15, 0.2) is 11.3 Å². The van der Waals surface area contributed by atoms with Gasteiger partial charge in [-0.15, -0.1) is 0 Å². The number of hydrogen-bond donors (Lipinski definition) is 2. The molecule has 108 valence electrons. The maximum atomic E-state index is 5.88. The Bertz CT molecular complexity index is 627. The van der Waals surface area contributed by atoms with Gasteiger partial charge in [0.05, 0.1) is 5.69 Å². The molecular weight excluding hydrogens is 254 g/mol. The number of fused-ring (bicyclic) bond motifs is 1. The average Bonchev–Trinajstić information content (AvgIpc) is 2.66. The van der Waals surface area contributed by atoms with Crippen LogP contribution in [-0.4, -0.2) is 45.9 Å². The molecule has 3 heterocycles. The lowest BCUT2D eigenvalue weighted by molar-refractivity contribution is 0.448. The van der Waals surface area contributed by atoms with Gasteiger partial charge in [0.1, 0.15) is 5.52 Å². The predicted molar refractivity (Wildman–Crippen MR) is 79.8 cm³/mol. The molecule has 0 saturated carbocycles. The first-order valence-electron chi connectivity index (χ1n) is 7.05. The zero-order valence-corrected chi connectivity index (χ0v) is 12.2. The minimum Gasteiger partial charge on any atom is -0.368 e. The summed E-state index contributed by atoms with van der Waals surface area (Å²) in [6, 6.07) is 0.514. The number of rotatable bonds is 4. The smallest absolute Gasteiger partial charge is 0.222 e. The van der Waals surface area contributed by atoms with Gasteiger partial charge in [-0.1, -0.05) is 13.3 Å². The van der Waals surface area contributed by atoms with Crippen molar-refractivity contribution in [1.29, 1.82) is 0 Å². The molecule has 0 bridgehead atoms. The van der Waals surface area contributed by atoms with Crippen molar-refractivity contribution in [2.75, 3.05) is 30.8 Å². The van der Waals surface area contributed by atoms with Crippen molar-refractivity contribution in [2.45, 2.75) is 25.8 Å². The topological polar surface area (TPSA) is 84.9 Å². The number of nitrogen functional groups attached to an aromatic ring is 1. The summed E-state index contributed by atoms with van der Waals surface area (Å²) >= 11 is 0. The highest BCUT2D eigenvalue weighted by atomic mass is 15.3. The Hall–Kier alpha value is -1.89. The lowest BCUT2D eigenvalue weighted by Gasteiger charge is -2.39. The fourth-order valence-corrected chi connectivity index (χ4v) is 2.69. The molecule has 0 atom stereocenters. The van der Waals surface area contributed by atoms with Crippen LogP contribution in [0.15, 0.2) is 0 Å². The summed E-state index contributed by atoms with van der Waals surface area (Å²) in [4.78, 5) is 11.0. The van der Waals surface area contributed by atoms with Crippen molar-refractivity contribution in [3.05, 3.63) is 5.69 Å². The summed E-state index contributed by atoms with van der Waals surface area (Å²) in [5.74, 6) is 1.18. The van der Waals surface area contributed by atoms with E-state index in [1.54, 1.807) is 0 Å². The van der Waals surface area contributed by atoms with E-state index in [2.05, 4.69) is 32.2 Å². The lowest BCUT2D eigenvalue weighted by Crippen LogP contribution is -2.57. The van der Waals surface area contributed by atoms with Crippen molar-refractivity contribution >= 4 is 22.8 Å². The van der Waals surface area contributed by atoms with Crippen LogP contribution < -0.4 is 16.0 Å². The van der Waals surface area contributed by atoms with Crippen molar-refractivity contribution in [3.63, 3.8) is 0 Å². The Kier molecular flexibility index (Phi) is 3.21. The van der Waals surface area contributed by atoms with Gasteiger partial charge in [-0.25, -0.2) is 4.98 Å². The van der Waals surface area contributed by atoms with E-state index in [-0.39, 0.29) is 0 Å². The molecule has 7 nitrogen and oxygen atoms in total. The molecule has 0 aliphatic carbocycles. The Morgan fingerprint density at radius 3 is 2.70 bits per heavy atom. The Balaban J connectivity index is 2.06. The van der Waals surface area contributed by atoms with Gasteiger partial charge in [-0.05, 0) is 13.5 Å². The van der Waals surface area contributed by atoms with Crippen molar-refractivity contribution in [2.24, 2.45) is 7.05 Å². The molecule has 1 aliphatic rings. The molecule has 0 radical (unpaired) electrons. The first-order valence-corrected chi connectivity index (χ1v) is 7.05. The largest absolute Gasteiger partial charge is 0.368 e. The number of likely N-dealkylation sites (N-methyl/N-ethyl adjacent to an activating group) is 1. The summed E-state index contributed by atoms with van der Waals surface area (Å²) in [5.41, 5.74) is 8.76. The minimum absolute atomic E-state index is 0.325. The number of anilines is 2. The number of aromatic nitrogens is 4. The molecule has 3 N–H and O–H groups in total. The van der Waals surface area contributed by atoms with E-state index in [0.717, 1.165) is 48.5 Å². The van der Waals surface area contributed by atoms with Crippen LogP contribution in [0, 0.1) is 0 Å². The van der Waals surface area contributed by atoms with Gasteiger partial charge >= 0.3 is 0 Å². The summed E-state index contributed by atoms with van der Waals surface area (Å²) in [6.07, 6.45) is 2.00. The summed E-state index contributed by atoms with van der Waals surface area (Å²) < 4.78 is 1.90. The van der Waals surface area contributed by atoms with E-state index in [0.29, 0.717) is 12.0 Å². The van der Waals surface area contributed by atoms with Crippen LogP contribution in [0.2, 0.25) is 0 Å². The van der Waals surface area contributed by atoms with Gasteiger partial charge < -0.3 is 16.0 Å². The van der Waals surface area contributed by atoms with E-state index < -0.39 is 0 Å². The maximum absolute atomic E-state index is 5.88. The molecule has 1 saturated heterocycles. The monoisotopic (exact) mass is 275 g/mol. The molecule has 0 aromatic carbocycles. The number of nitrogens with two attached hydrogens (primary N) is 1. The molecule has 0 unspecified atom stereocenters. The number of hydrogen-bond acceptors (Lipinski definition) is 6. The maximum Gasteiger partial charge on any atom is 0.222 e. The third kappa shape index (κ3) is 1.98. The number of nitrogens with one attached hydrogen (secondary N) is 1. The van der Waals surface area contributed by atoms with E-state index in [4.69, 9.17) is 5.73 Å². The zero-order chi connectivity index (χ0) is 14.3. The standard InChI is InChI=1S/C13H21N7/c1-4-5-9-10-11(18-19(9)3)12(17-13(14)16-10)20-6-8(7-20)15-2/h8,15H,4-7H2,1-3H3,(H2,14,16). The second-order valence-electron chi connectivity index (χ2n) is 5.31. The molecule has 7 heteroatoms. The zero-order valence-electron chi connectivity index (χ0n) is 12.2. The minimum atomic E-state index is 0.325. The van der Waals surface area contributed by atoms with Crippen molar-refractivity contribution < 1.29 is 0 Å². The quantitative estimate of drug-likeness (QED) is 0.835. The van der Waals surface area contributed by atoms with E-state index in [9.17, 15) is 0 Å². The Morgan fingerprint density at radius 1 is 1.30 bits per heavy atom. The Labute approximate surface area is 118 Å². The fourth-order valence-electron chi connectivity index (χ4n) is 2.69. The van der Waals surface area contributed by atoms with Crippen LogP contribution in [0.1, 0.15) is 19.0 Å². The molecule has 20 heavy (non-hydrogen) atoms. The Morgan fingerprint density at radius 2 is 2.05 bits per heavy atom. The van der Waals surface area contributed by atoms with Gasteiger partial charge in [0.2, 0.25) is 5.95 Å². The molecule has 1 fully saturated rings. The van der Waals surface area contributed by atoms with Crippen molar-refractivity contribution in [1.82, 2.24) is 25.1 Å². The summed E-state index contributed by atoms with van der Waals surface area (Å²) in [7, 11) is 3.94. The second kappa shape index (κ2) is 4.90. The van der Waals surface area contributed by atoms with Gasteiger partial charge in [0.25, 0.3) is 0 Å². The first-order chi connectivity index (χ1) is 9.63. The second-order valence-corrected chi connectivity index (χ2v) is 5.31. The van der Waals surface area contributed by atoms with Crippen LogP contribution in [0.5, 0.6) is 0 Å². The molecule has 0 amide bonds. The molecule has 2 aromatic heterocycles. The SMILES string of the molecule is CCCc1c2nc(N)nc(N3CC(NC)C3)c2nn1C. The van der Waals surface area contributed by atoms with E-state index in [1.165, 1.54) is 0 Å². The highest BCUT2D eigenvalue weighted by Gasteiger charge is 2.29. The summed E-state index contributed by atoms with van der Waals surface area (Å²) in [6.45, 7) is 4.01. The fraction of sp³-hybridized carbons (Fsp3) is 0.615. The molecule has 3 rings (SSSR count). The number of nitrogens with zero attached hydrogens (tertiary/aromatic N) is 5. The normalized spacial score (nSPS) is 15.8. The third-order valence-corrected chi connectivity index (χ3v) is 3.87. The van der Waals surface area contributed by atoms with Gasteiger partial charge in [-0.3, -0.25) is 4.68 Å². The van der Waals surface area contributed by atoms with Crippen LogP contribution in [0.4, 0.5) is 11.8 Å². The first kappa shape index (κ1) is 13.1. The highest BCUT2D eigenvalue weighted by Crippen LogP contribution is 2.29. The van der Waals surface area contributed by atoms with Gasteiger partial charge in [0, 0.05) is 26.2 Å². The van der Waals surface area contributed by atoms with Crippen LogP contribution >= 0.6 is 0 Å². The lowest BCUT2D eigenvalue weighted by atomic mass is 10.1. The van der Waals surface area contributed by atoms with Crippen LogP contribution in [0.25, 0.3) is 11.0 Å². The van der Waals surface area contributed by atoms with Crippen LogP contribution in [-0.2, 0) is 13.5 Å². The van der Waals surface area contributed by atoms with E-state index in [1.807, 2.05) is 18.8 Å². The molecule has 2 aromatic rings. The molecule has 1 aliphatic heterocycles. The average molecular weight is 275 g/mol. The van der Waals surface area contributed by atoms with Crippen LogP contribution in [0.3, 0.4) is 0 Å².